The van der Waals surface area contributed by atoms with E-state index in [9.17, 15) is 5.26 Å². The first-order valence-corrected chi connectivity index (χ1v) is 16.6. The first kappa shape index (κ1) is 28.0. The molecule has 0 amide bonds. The maximum atomic E-state index is 10.9. The molecule has 7 aromatic carbocycles. The lowest BCUT2D eigenvalue weighted by Crippen LogP contribution is -2.03. The molecule has 5 heteroatoms. The van der Waals surface area contributed by atoms with Crippen molar-refractivity contribution in [2.24, 2.45) is 0 Å². The van der Waals surface area contributed by atoms with Crippen LogP contribution in [-0.4, -0.2) is 14.5 Å². The highest BCUT2D eigenvalue weighted by Gasteiger charge is 2.24. The van der Waals surface area contributed by atoms with Crippen LogP contribution in [0.2, 0.25) is 0 Å². The number of hydrogen-bond acceptors (Lipinski definition) is 4. The molecule has 10 rings (SSSR count). The van der Waals surface area contributed by atoms with Crippen LogP contribution < -0.4 is 0 Å². The molecule has 50 heavy (non-hydrogen) atoms. The van der Waals surface area contributed by atoms with E-state index in [1.165, 1.54) is 0 Å². The first-order chi connectivity index (χ1) is 24.7. The number of hydrogen-bond donors (Lipinski definition) is 0. The van der Waals surface area contributed by atoms with Gasteiger partial charge in [0.05, 0.1) is 22.4 Å². The quantitative estimate of drug-likeness (QED) is 0.192. The monoisotopic (exact) mass is 638 g/mol. The van der Waals surface area contributed by atoms with Crippen molar-refractivity contribution in [3.63, 3.8) is 0 Å². The second-order valence-electron chi connectivity index (χ2n) is 12.5. The van der Waals surface area contributed by atoms with Gasteiger partial charge in [-0.3, -0.25) is 0 Å². The molecule has 232 valence electrons. The molecule has 0 spiro atoms. The normalized spacial score (nSPS) is 11.6. The van der Waals surface area contributed by atoms with E-state index < -0.39 is 0 Å². The highest BCUT2D eigenvalue weighted by molar-refractivity contribution is 6.19. The Kier molecular flexibility index (Phi) is 6.17. The van der Waals surface area contributed by atoms with Crippen LogP contribution in [0.4, 0.5) is 0 Å². The van der Waals surface area contributed by atoms with E-state index in [0.29, 0.717) is 22.8 Å². The summed E-state index contributed by atoms with van der Waals surface area (Å²) in [5, 5.41) is 17.5. The zero-order valence-electron chi connectivity index (χ0n) is 26.7. The van der Waals surface area contributed by atoms with Crippen molar-refractivity contribution >= 4 is 54.5 Å². The lowest BCUT2D eigenvalue weighted by Gasteiger charge is -2.15. The van der Waals surface area contributed by atoms with Crippen LogP contribution in [-0.2, 0) is 0 Å². The first-order valence-electron chi connectivity index (χ1n) is 16.6. The van der Waals surface area contributed by atoms with Gasteiger partial charge in [-0.15, -0.1) is 0 Å². The average molecular weight is 639 g/mol. The fourth-order valence-electron chi connectivity index (χ4n) is 7.34. The standard InChI is InChI=1S/C45H26N4O/c46-27-38-42(31-23-22-28-12-7-8-15-30(28)24-31)47-45(29-13-3-1-4-14-29)48-43(38)35-20-11-19-34-36-25-37-33-18-9-10-21-40(33)50-41(37)26-39(36)49(44(34)35)32-16-5-2-6-17-32/h1-26H. The second-order valence-corrected chi connectivity index (χ2v) is 12.5. The van der Waals surface area contributed by atoms with Gasteiger partial charge in [0.25, 0.3) is 0 Å². The number of para-hydroxylation sites is 3. The van der Waals surface area contributed by atoms with E-state index in [-0.39, 0.29) is 0 Å². The van der Waals surface area contributed by atoms with Gasteiger partial charge in [0.15, 0.2) is 5.82 Å². The van der Waals surface area contributed by atoms with E-state index in [2.05, 4.69) is 83.4 Å². The summed E-state index contributed by atoms with van der Waals surface area (Å²) in [5.41, 5.74) is 8.87. The van der Waals surface area contributed by atoms with Crippen molar-refractivity contribution in [1.29, 1.82) is 5.26 Å². The number of aromatic nitrogens is 3. The van der Waals surface area contributed by atoms with Gasteiger partial charge in [0, 0.05) is 50.0 Å². The van der Waals surface area contributed by atoms with Gasteiger partial charge in [-0.1, -0.05) is 121 Å². The smallest absolute Gasteiger partial charge is 0.160 e. The molecular formula is C45H26N4O. The van der Waals surface area contributed by atoms with E-state index in [1.807, 2.05) is 84.9 Å². The molecule has 0 bridgehead atoms. The lowest BCUT2D eigenvalue weighted by atomic mass is 9.97. The molecule has 0 N–H and O–H groups in total. The van der Waals surface area contributed by atoms with Crippen LogP contribution in [0.15, 0.2) is 162 Å². The van der Waals surface area contributed by atoms with Crippen LogP contribution in [0.25, 0.3) is 94.1 Å². The zero-order chi connectivity index (χ0) is 33.2. The Morgan fingerprint density at radius 3 is 2.08 bits per heavy atom. The Labute approximate surface area is 286 Å². The number of rotatable bonds is 4. The number of nitriles is 1. The van der Waals surface area contributed by atoms with Crippen molar-refractivity contribution in [2.75, 3.05) is 0 Å². The maximum Gasteiger partial charge on any atom is 0.160 e. The molecule has 0 saturated heterocycles. The molecule has 0 radical (unpaired) electrons. The summed E-state index contributed by atoms with van der Waals surface area (Å²) in [6.07, 6.45) is 0. The van der Waals surface area contributed by atoms with Crippen LogP contribution in [0, 0.1) is 11.3 Å². The molecule has 3 aromatic heterocycles. The summed E-state index contributed by atoms with van der Waals surface area (Å²) < 4.78 is 8.65. The fraction of sp³-hybridized carbons (Fsp3) is 0. The van der Waals surface area contributed by atoms with Gasteiger partial charge >= 0.3 is 0 Å². The molecule has 0 atom stereocenters. The molecule has 0 fully saturated rings. The van der Waals surface area contributed by atoms with Crippen LogP contribution >= 0.6 is 0 Å². The third-order valence-electron chi connectivity index (χ3n) is 9.63. The largest absolute Gasteiger partial charge is 0.456 e. The number of benzene rings is 7. The number of nitrogens with zero attached hydrogens (tertiary/aromatic N) is 4. The summed E-state index contributed by atoms with van der Waals surface area (Å²) in [6, 6.07) is 56.2. The molecule has 0 saturated carbocycles. The minimum absolute atomic E-state index is 0.428. The summed E-state index contributed by atoms with van der Waals surface area (Å²) in [5.74, 6) is 0.561. The minimum atomic E-state index is 0.428. The number of fused-ring (bicyclic) bond motifs is 7. The molecule has 0 aliphatic heterocycles. The van der Waals surface area contributed by atoms with Gasteiger partial charge in [-0.25, -0.2) is 9.97 Å². The predicted octanol–water partition coefficient (Wildman–Crippen LogP) is 11.5. The molecule has 0 aliphatic rings. The summed E-state index contributed by atoms with van der Waals surface area (Å²) in [6.45, 7) is 0. The lowest BCUT2D eigenvalue weighted by molar-refractivity contribution is 0.669. The summed E-state index contributed by atoms with van der Waals surface area (Å²) in [7, 11) is 0. The predicted molar refractivity (Wildman–Crippen MR) is 202 cm³/mol. The van der Waals surface area contributed by atoms with Crippen molar-refractivity contribution in [2.45, 2.75) is 0 Å². The molecule has 5 nitrogen and oxygen atoms in total. The highest BCUT2D eigenvalue weighted by atomic mass is 16.3. The van der Waals surface area contributed by atoms with Gasteiger partial charge in [0.1, 0.15) is 22.8 Å². The van der Waals surface area contributed by atoms with Gasteiger partial charge in [0.2, 0.25) is 0 Å². The summed E-state index contributed by atoms with van der Waals surface area (Å²) in [4.78, 5) is 10.3. The Bertz CT molecular complexity index is 2990. The van der Waals surface area contributed by atoms with E-state index >= 15 is 0 Å². The third kappa shape index (κ3) is 4.26. The van der Waals surface area contributed by atoms with Gasteiger partial charge < -0.3 is 8.98 Å². The van der Waals surface area contributed by atoms with Crippen molar-refractivity contribution < 1.29 is 4.42 Å². The Morgan fingerprint density at radius 1 is 0.520 bits per heavy atom. The molecule has 3 heterocycles. The third-order valence-corrected chi connectivity index (χ3v) is 9.63. The van der Waals surface area contributed by atoms with Gasteiger partial charge in [-0.2, -0.15) is 5.26 Å². The van der Waals surface area contributed by atoms with Crippen LogP contribution in [0.3, 0.4) is 0 Å². The van der Waals surface area contributed by atoms with Crippen molar-refractivity contribution in [3.05, 3.63) is 163 Å². The van der Waals surface area contributed by atoms with Crippen LogP contribution in [0.1, 0.15) is 5.56 Å². The molecular weight excluding hydrogens is 613 g/mol. The summed E-state index contributed by atoms with van der Waals surface area (Å²) >= 11 is 0. The SMILES string of the molecule is N#Cc1c(-c2ccc3ccccc3c2)nc(-c2ccccc2)nc1-c1cccc2c3cc4c(cc3n(-c3ccccc3)c12)oc1ccccc14. The number of furan rings is 1. The fourth-order valence-corrected chi connectivity index (χ4v) is 7.34. The highest BCUT2D eigenvalue weighted by Crippen LogP contribution is 2.43. The Hall–Kier alpha value is -7.03. The van der Waals surface area contributed by atoms with Crippen molar-refractivity contribution in [1.82, 2.24) is 14.5 Å². The second kappa shape index (κ2) is 11.0. The minimum Gasteiger partial charge on any atom is -0.456 e. The molecule has 0 aliphatic carbocycles. The topological polar surface area (TPSA) is 67.6 Å². The molecule has 0 unspecified atom stereocenters. The molecule has 10 aromatic rings. The van der Waals surface area contributed by atoms with E-state index in [4.69, 9.17) is 14.4 Å². The van der Waals surface area contributed by atoms with E-state index in [1.54, 1.807) is 0 Å². The average Bonchev–Trinajstić information content (AvgIpc) is 3.71. The maximum absolute atomic E-state index is 10.9. The van der Waals surface area contributed by atoms with Crippen molar-refractivity contribution in [3.8, 4) is 45.7 Å². The van der Waals surface area contributed by atoms with Crippen LogP contribution in [0.5, 0.6) is 0 Å². The Balaban J connectivity index is 1.34. The van der Waals surface area contributed by atoms with Gasteiger partial charge in [-0.05, 0) is 41.1 Å². The Morgan fingerprint density at radius 2 is 1.24 bits per heavy atom. The zero-order valence-corrected chi connectivity index (χ0v) is 26.7. The van der Waals surface area contributed by atoms with E-state index in [0.717, 1.165) is 76.9 Å².